The Morgan fingerprint density at radius 1 is 1.39 bits per heavy atom. The number of nitrogens with zero attached hydrogens (tertiary/aromatic N) is 1. The number of carboxylic acids is 1. The molecule has 0 fully saturated rings. The zero-order valence-electron chi connectivity index (χ0n) is 10.9. The minimum atomic E-state index is -4.26. The molecule has 108 valence electrons. The van der Waals surface area contributed by atoms with Gasteiger partial charge < -0.3 is 10.4 Å². The minimum absolute atomic E-state index is 0.0984. The van der Waals surface area contributed by atoms with Crippen LogP contribution >= 0.6 is 0 Å². The van der Waals surface area contributed by atoms with E-state index in [0.29, 0.717) is 6.54 Å². The molecule has 18 heavy (non-hydrogen) atoms. The predicted octanol–water partition coefficient (Wildman–Crippen LogP) is 1.71. The van der Waals surface area contributed by atoms with E-state index >= 15 is 0 Å². The molecule has 2 N–H and O–H groups in total. The monoisotopic (exact) mass is 270 g/mol. The van der Waals surface area contributed by atoms with E-state index < -0.39 is 24.7 Å². The second-order valence-electron chi connectivity index (χ2n) is 4.42. The molecule has 1 unspecified atom stereocenters. The van der Waals surface area contributed by atoms with Gasteiger partial charge in [0.1, 0.15) is 6.04 Å². The van der Waals surface area contributed by atoms with E-state index in [1.54, 1.807) is 20.8 Å². The highest BCUT2D eigenvalue weighted by molar-refractivity contribution is 5.73. The van der Waals surface area contributed by atoms with Crippen molar-refractivity contribution < 1.29 is 23.1 Å². The lowest BCUT2D eigenvalue weighted by Gasteiger charge is -2.28. The van der Waals surface area contributed by atoms with E-state index in [2.05, 4.69) is 5.32 Å². The van der Waals surface area contributed by atoms with E-state index in [9.17, 15) is 18.0 Å². The summed E-state index contributed by atoms with van der Waals surface area (Å²) in [5.74, 6) is -1.03. The predicted molar refractivity (Wildman–Crippen MR) is 62.5 cm³/mol. The molecule has 0 amide bonds. The Morgan fingerprint density at radius 2 is 1.94 bits per heavy atom. The number of carbonyl (C=O) groups is 1. The molecule has 4 nitrogen and oxygen atoms in total. The Labute approximate surface area is 105 Å². The average Bonchev–Trinajstić information content (AvgIpc) is 2.19. The fourth-order valence-corrected chi connectivity index (χ4v) is 1.60. The maximum atomic E-state index is 12.3. The number of nitrogens with one attached hydrogen (secondary N) is 1. The van der Waals surface area contributed by atoms with Crippen LogP contribution in [0.15, 0.2) is 0 Å². The number of hydrogen-bond acceptors (Lipinski definition) is 3. The minimum Gasteiger partial charge on any atom is -0.480 e. The van der Waals surface area contributed by atoms with Gasteiger partial charge >= 0.3 is 12.1 Å². The van der Waals surface area contributed by atoms with Crippen LogP contribution < -0.4 is 5.32 Å². The van der Waals surface area contributed by atoms with Gasteiger partial charge in [0.05, 0.1) is 6.54 Å². The average molecular weight is 270 g/mol. The Bertz CT molecular complexity index is 257. The fourth-order valence-electron chi connectivity index (χ4n) is 1.60. The molecule has 0 aromatic heterocycles. The topological polar surface area (TPSA) is 52.6 Å². The smallest absolute Gasteiger partial charge is 0.401 e. The molecule has 0 saturated carbocycles. The van der Waals surface area contributed by atoms with E-state index in [0.717, 1.165) is 0 Å². The summed E-state index contributed by atoms with van der Waals surface area (Å²) in [5.41, 5.74) is 0. The van der Waals surface area contributed by atoms with Gasteiger partial charge in [0, 0.05) is 12.6 Å². The fraction of sp³-hybridized carbons (Fsp3) is 0.909. The molecular weight excluding hydrogens is 249 g/mol. The molecule has 0 heterocycles. The number of likely N-dealkylation sites (N-methyl/N-ethyl adjacent to an activating group) is 1. The summed E-state index contributed by atoms with van der Waals surface area (Å²) in [6.45, 7) is 4.64. The zero-order chi connectivity index (χ0) is 14.3. The van der Waals surface area contributed by atoms with Crippen molar-refractivity contribution >= 4 is 5.97 Å². The van der Waals surface area contributed by atoms with Crippen LogP contribution in [0.5, 0.6) is 0 Å². The maximum Gasteiger partial charge on any atom is 0.401 e. The molecule has 0 aliphatic heterocycles. The molecule has 7 heteroatoms. The van der Waals surface area contributed by atoms with Crippen LogP contribution in [0.25, 0.3) is 0 Å². The molecule has 0 radical (unpaired) electrons. The van der Waals surface area contributed by atoms with Crippen LogP contribution in [-0.2, 0) is 4.79 Å². The van der Waals surface area contributed by atoms with Crippen molar-refractivity contribution in [1.29, 1.82) is 0 Å². The highest BCUT2D eigenvalue weighted by Gasteiger charge is 2.32. The van der Waals surface area contributed by atoms with E-state index in [-0.39, 0.29) is 19.0 Å². The molecule has 0 bridgehead atoms. The third kappa shape index (κ3) is 7.50. The Morgan fingerprint density at radius 3 is 2.28 bits per heavy atom. The van der Waals surface area contributed by atoms with Crippen molar-refractivity contribution in [2.24, 2.45) is 0 Å². The molecule has 0 saturated heterocycles. The van der Waals surface area contributed by atoms with E-state index in [1.807, 2.05) is 0 Å². The number of aliphatic carboxylic acids is 1. The van der Waals surface area contributed by atoms with Gasteiger partial charge in [-0.3, -0.25) is 9.69 Å². The number of halogens is 3. The van der Waals surface area contributed by atoms with Gasteiger partial charge in [0.15, 0.2) is 0 Å². The van der Waals surface area contributed by atoms with Crippen molar-refractivity contribution in [1.82, 2.24) is 10.2 Å². The maximum absolute atomic E-state index is 12.3. The van der Waals surface area contributed by atoms with Crippen LogP contribution in [0.3, 0.4) is 0 Å². The van der Waals surface area contributed by atoms with Gasteiger partial charge in [0.2, 0.25) is 0 Å². The number of rotatable bonds is 8. The summed E-state index contributed by atoms with van der Waals surface area (Å²) in [4.78, 5) is 12.1. The third-order valence-corrected chi connectivity index (χ3v) is 2.57. The first-order valence-corrected chi connectivity index (χ1v) is 5.94. The highest BCUT2D eigenvalue weighted by Crippen LogP contribution is 2.18. The summed E-state index contributed by atoms with van der Waals surface area (Å²) in [6.07, 6.45) is -4.11. The van der Waals surface area contributed by atoms with E-state index in [1.165, 1.54) is 4.90 Å². The molecule has 0 aromatic carbocycles. The highest BCUT2D eigenvalue weighted by atomic mass is 19.4. The van der Waals surface area contributed by atoms with Gasteiger partial charge in [-0.2, -0.15) is 13.2 Å². The largest absolute Gasteiger partial charge is 0.480 e. The Hall–Kier alpha value is -0.820. The Kier molecular flexibility index (Phi) is 7.23. The van der Waals surface area contributed by atoms with Gasteiger partial charge in [-0.05, 0) is 26.8 Å². The molecule has 1 atom stereocenters. The van der Waals surface area contributed by atoms with Crippen molar-refractivity contribution in [2.75, 3.05) is 19.6 Å². The van der Waals surface area contributed by atoms with Crippen LogP contribution in [0.1, 0.15) is 27.2 Å². The van der Waals surface area contributed by atoms with Crippen LogP contribution in [-0.4, -0.2) is 53.9 Å². The first kappa shape index (κ1) is 17.2. The molecule has 0 aliphatic carbocycles. The second kappa shape index (κ2) is 7.58. The zero-order valence-corrected chi connectivity index (χ0v) is 10.9. The number of hydrogen-bond donors (Lipinski definition) is 2. The second-order valence-corrected chi connectivity index (χ2v) is 4.42. The SMILES string of the molecule is CCNC(CCN(CC(F)(F)F)C(C)C)C(=O)O. The summed E-state index contributed by atoms with van der Waals surface area (Å²) in [6, 6.07) is -1.08. The third-order valence-electron chi connectivity index (χ3n) is 2.57. The van der Waals surface area contributed by atoms with Crippen LogP contribution in [0.2, 0.25) is 0 Å². The lowest BCUT2D eigenvalue weighted by molar-refractivity contribution is -0.150. The first-order valence-electron chi connectivity index (χ1n) is 5.94. The molecule has 0 aliphatic rings. The first-order chi connectivity index (χ1) is 8.17. The van der Waals surface area contributed by atoms with Gasteiger partial charge in [-0.15, -0.1) is 0 Å². The molecular formula is C11H21F3N2O2. The van der Waals surface area contributed by atoms with Crippen molar-refractivity contribution in [3.63, 3.8) is 0 Å². The Balaban J connectivity index is 4.37. The molecule has 0 spiro atoms. The van der Waals surface area contributed by atoms with Crippen molar-refractivity contribution in [3.8, 4) is 0 Å². The van der Waals surface area contributed by atoms with Crippen molar-refractivity contribution in [3.05, 3.63) is 0 Å². The molecule has 0 aromatic rings. The van der Waals surface area contributed by atoms with E-state index in [4.69, 9.17) is 5.11 Å². The van der Waals surface area contributed by atoms with Gasteiger partial charge in [-0.1, -0.05) is 6.92 Å². The molecule has 0 rings (SSSR count). The normalized spacial score (nSPS) is 14.2. The summed E-state index contributed by atoms with van der Waals surface area (Å²) < 4.78 is 37.0. The van der Waals surface area contributed by atoms with Gasteiger partial charge in [0.25, 0.3) is 0 Å². The quantitative estimate of drug-likeness (QED) is 0.705. The summed E-state index contributed by atoms with van der Waals surface area (Å²) in [7, 11) is 0. The summed E-state index contributed by atoms with van der Waals surface area (Å²) in [5, 5.41) is 11.6. The summed E-state index contributed by atoms with van der Waals surface area (Å²) >= 11 is 0. The van der Waals surface area contributed by atoms with Crippen LogP contribution in [0, 0.1) is 0 Å². The number of alkyl halides is 3. The lowest BCUT2D eigenvalue weighted by atomic mass is 10.1. The lowest BCUT2D eigenvalue weighted by Crippen LogP contribution is -2.44. The number of carboxylic acid groups (broad SMARTS) is 1. The van der Waals surface area contributed by atoms with Crippen LogP contribution in [0.4, 0.5) is 13.2 Å². The standard InChI is InChI=1S/C11H21F3N2O2/c1-4-15-9(10(17)18)5-6-16(8(2)3)7-11(12,13)14/h8-9,15H,4-7H2,1-3H3,(H,17,18). The van der Waals surface area contributed by atoms with Gasteiger partial charge in [-0.25, -0.2) is 0 Å². The van der Waals surface area contributed by atoms with Crippen molar-refractivity contribution in [2.45, 2.75) is 45.5 Å².